The molecule has 0 fully saturated rings. The van der Waals surface area contributed by atoms with Crippen LogP contribution in [0.5, 0.6) is 0 Å². The lowest BCUT2D eigenvalue weighted by molar-refractivity contribution is 0.0952. The molecule has 1 heterocycles. The Morgan fingerprint density at radius 3 is 2.52 bits per heavy atom. The van der Waals surface area contributed by atoms with Crippen molar-refractivity contribution < 1.29 is 17.6 Å². The first-order valence-corrected chi connectivity index (χ1v) is 10.5. The molecular formula is C20H21FN4O3S. The molecule has 3 rings (SSSR count). The lowest BCUT2D eigenvalue weighted by Gasteiger charge is -2.10. The van der Waals surface area contributed by atoms with Gasteiger partial charge in [0.1, 0.15) is 11.6 Å². The highest BCUT2D eigenvalue weighted by molar-refractivity contribution is 7.92. The summed E-state index contributed by atoms with van der Waals surface area (Å²) >= 11 is 0. The number of hydrogen-bond donors (Lipinski definition) is 2. The number of aromatic nitrogens is 2. The van der Waals surface area contributed by atoms with Crippen molar-refractivity contribution in [3.05, 3.63) is 78.1 Å². The van der Waals surface area contributed by atoms with Crippen molar-refractivity contribution >= 4 is 21.6 Å². The Bertz CT molecular complexity index is 1090. The summed E-state index contributed by atoms with van der Waals surface area (Å²) in [7, 11) is -3.96. The van der Waals surface area contributed by atoms with Crippen LogP contribution in [0.15, 0.2) is 65.8 Å². The van der Waals surface area contributed by atoms with Gasteiger partial charge in [-0.3, -0.25) is 9.52 Å². The number of carbonyl (C=O) groups excluding carboxylic acids is 1. The number of nitrogens with zero attached hydrogens (tertiary/aromatic N) is 2. The number of amides is 1. The molecule has 1 aromatic heterocycles. The number of anilines is 1. The number of carbonyl (C=O) groups is 1. The van der Waals surface area contributed by atoms with Crippen molar-refractivity contribution in [2.45, 2.75) is 24.8 Å². The van der Waals surface area contributed by atoms with Crippen molar-refractivity contribution in [2.75, 3.05) is 11.3 Å². The number of imidazole rings is 1. The highest BCUT2D eigenvalue weighted by atomic mass is 32.2. The van der Waals surface area contributed by atoms with Crippen molar-refractivity contribution in [1.82, 2.24) is 14.9 Å². The van der Waals surface area contributed by atoms with Gasteiger partial charge in [0.05, 0.1) is 10.6 Å². The Hall–Kier alpha value is -3.20. The molecule has 0 bridgehead atoms. The van der Waals surface area contributed by atoms with Crippen molar-refractivity contribution in [3.63, 3.8) is 0 Å². The van der Waals surface area contributed by atoms with Crippen LogP contribution in [-0.2, 0) is 16.6 Å². The number of sulfonamides is 1. The third kappa shape index (κ3) is 5.20. The van der Waals surface area contributed by atoms with E-state index in [1.807, 2.05) is 17.7 Å². The first-order chi connectivity index (χ1) is 13.9. The van der Waals surface area contributed by atoms with Gasteiger partial charge in [-0.05, 0) is 49.7 Å². The number of nitrogens with one attached hydrogen (secondary N) is 2. The quantitative estimate of drug-likeness (QED) is 0.552. The largest absolute Gasteiger partial charge is 0.352 e. The van der Waals surface area contributed by atoms with E-state index >= 15 is 0 Å². The van der Waals surface area contributed by atoms with Crippen LogP contribution in [0.25, 0.3) is 0 Å². The molecule has 0 saturated heterocycles. The fourth-order valence-corrected chi connectivity index (χ4v) is 3.79. The Labute approximate surface area is 168 Å². The summed E-state index contributed by atoms with van der Waals surface area (Å²) in [5, 5.41) is 2.80. The summed E-state index contributed by atoms with van der Waals surface area (Å²) in [6, 6.07) is 11.0. The molecule has 29 heavy (non-hydrogen) atoms. The Morgan fingerprint density at radius 1 is 1.14 bits per heavy atom. The average Bonchev–Trinajstić information content (AvgIpc) is 3.11. The van der Waals surface area contributed by atoms with E-state index in [-0.39, 0.29) is 16.5 Å². The lowest BCUT2D eigenvalue weighted by atomic mass is 10.2. The predicted octanol–water partition coefficient (Wildman–Crippen LogP) is 2.95. The molecule has 7 nitrogen and oxygen atoms in total. The lowest BCUT2D eigenvalue weighted by Crippen LogP contribution is -2.25. The first kappa shape index (κ1) is 20.5. The Kier molecular flexibility index (Phi) is 6.28. The van der Waals surface area contributed by atoms with Crippen LogP contribution in [0.1, 0.15) is 22.6 Å². The molecule has 2 N–H and O–H groups in total. The van der Waals surface area contributed by atoms with Crippen molar-refractivity contribution in [1.29, 1.82) is 0 Å². The highest BCUT2D eigenvalue weighted by Crippen LogP contribution is 2.19. The summed E-state index contributed by atoms with van der Waals surface area (Å²) in [5.74, 6) is -0.0477. The maximum absolute atomic E-state index is 13.7. The molecule has 0 spiro atoms. The molecule has 3 aromatic rings. The number of hydrogen-bond acceptors (Lipinski definition) is 4. The summed E-state index contributed by atoms with van der Waals surface area (Å²) in [4.78, 5) is 16.3. The van der Waals surface area contributed by atoms with E-state index in [4.69, 9.17) is 0 Å². The fraction of sp³-hybridized carbons (Fsp3) is 0.200. The molecule has 0 atom stereocenters. The average molecular weight is 416 g/mol. The smallest absolute Gasteiger partial charge is 0.261 e. The standard InChI is InChI=1S/C20H21FN4O3S/c1-15-22-12-14-25(15)13-4-11-23-20(26)16-7-9-17(10-8-16)29(27,28)24-19-6-3-2-5-18(19)21/h2-3,5-10,12,14,24H,4,11,13H2,1H3,(H,23,26). The molecule has 0 aliphatic rings. The first-order valence-electron chi connectivity index (χ1n) is 9.00. The molecule has 0 aliphatic heterocycles. The summed E-state index contributed by atoms with van der Waals surface area (Å²) < 4.78 is 42.7. The van der Waals surface area contributed by atoms with Crippen molar-refractivity contribution in [3.8, 4) is 0 Å². The van der Waals surface area contributed by atoms with Crippen LogP contribution in [-0.4, -0.2) is 30.4 Å². The zero-order valence-electron chi connectivity index (χ0n) is 15.8. The second kappa shape index (κ2) is 8.87. The van der Waals surface area contributed by atoms with Gasteiger partial charge in [-0.2, -0.15) is 0 Å². The van der Waals surface area contributed by atoms with E-state index in [1.54, 1.807) is 6.20 Å². The number of benzene rings is 2. The predicted molar refractivity (Wildman–Crippen MR) is 108 cm³/mol. The number of para-hydroxylation sites is 1. The third-order valence-electron chi connectivity index (χ3n) is 4.33. The minimum Gasteiger partial charge on any atom is -0.352 e. The SMILES string of the molecule is Cc1nccn1CCCNC(=O)c1ccc(S(=O)(=O)Nc2ccccc2F)cc1. The van der Waals surface area contributed by atoms with E-state index in [9.17, 15) is 17.6 Å². The van der Waals surface area contributed by atoms with Gasteiger partial charge in [-0.15, -0.1) is 0 Å². The normalized spacial score (nSPS) is 11.2. The number of halogens is 1. The fourth-order valence-electron chi connectivity index (χ4n) is 2.73. The second-order valence-corrected chi connectivity index (χ2v) is 8.07. The molecule has 0 radical (unpaired) electrons. The van der Waals surface area contributed by atoms with Crippen LogP contribution in [0.4, 0.5) is 10.1 Å². The van der Waals surface area contributed by atoms with E-state index in [0.717, 1.165) is 18.8 Å². The molecule has 1 amide bonds. The third-order valence-corrected chi connectivity index (χ3v) is 5.71. The Balaban J connectivity index is 1.56. The monoisotopic (exact) mass is 416 g/mol. The molecule has 152 valence electrons. The summed E-state index contributed by atoms with van der Waals surface area (Å²) in [5.41, 5.74) is 0.205. The van der Waals surface area contributed by atoms with E-state index in [2.05, 4.69) is 15.0 Å². The van der Waals surface area contributed by atoms with Gasteiger partial charge >= 0.3 is 0 Å². The molecule has 0 unspecified atom stereocenters. The molecule has 2 aromatic carbocycles. The molecule has 0 aliphatic carbocycles. The van der Waals surface area contributed by atoms with Gasteiger partial charge in [-0.1, -0.05) is 12.1 Å². The van der Waals surface area contributed by atoms with Crippen molar-refractivity contribution in [2.24, 2.45) is 0 Å². The molecular weight excluding hydrogens is 395 g/mol. The molecule has 9 heteroatoms. The summed E-state index contributed by atoms with van der Waals surface area (Å²) in [6.07, 6.45) is 4.35. The van der Waals surface area contributed by atoms with E-state index in [0.29, 0.717) is 12.1 Å². The van der Waals surface area contributed by atoms with Gasteiger partial charge in [0.15, 0.2) is 0 Å². The van der Waals surface area contributed by atoms with Crippen LogP contribution in [0, 0.1) is 12.7 Å². The zero-order valence-corrected chi connectivity index (χ0v) is 16.6. The topological polar surface area (TPSA) is 93.1 Å². The van der Waals surface area contributed by atoms with E-state index < -0.39 is 15.8 Å². The van der Waals surface area contributed by atoms with Gasteiger partial charge in [-0.25, -0.2) is 17.8 Å². The minimum absolute atomic E-state index is 0.0621. The molecule has 0 saturated carbocycles. The zero-order chi connectivity index (χ0) is 20.9. The minimum atomic E-state index is -3.96. The van der Waals surface area contributed by atoms with Gasteiger partial charge < -0.3 is 9.88 Å². The number of aryl methyl sites for hydroxylation is 2. The summed E-state index contributed by atoms with van der Waals surface area (Å²) in [6.45, 7) is 3.13. The van der Waals surface area contributed by atoms with Crippen LogP contribution < -0.4 is 10.0 Å². The van der Waals surface area contributed by atoms with Gasteiger partial charge in [0, 0.05) is 31.0 Å². The second-order valence-electron chi connectivity index (χ2n) is 6.39. The van der Waals surface area contributed by atoms with Crippen LogP contribution >= 0.6 is 0 Å². The highest BCUT2D eigenvalue weighted by Gasteiger charge is 2.17. The van der Waals surface area contributed by atoms with E-state index in [1.165, 1.54) is 48.5 Å². The van der Waals surface area contributed by atoms with Crippen LogP contribution in [0.3, 0.4) is 0 Å². The van der Waals surface area contributed by atoms with Gasteiger partial charge in [0.2, 0.25) is 0 Å². The Morgan fingerprint density at radius 2 is 1.86 bits per heavy atom. The maximum atomic E-state index is 13.7. The van der Waals surface area contributed by atoms with Crippen LogP contribution in [0.2, 0.25) is 0 Å². The number of rotatable bonds is 8. The van der Waals surface area contributed by atoms with Gasteiger partial charge in [0.25, 0.3) is 15.9 Å². The maximum Gasteiger partial charge on any atom is 0.261 e.